The number of hydrogen-bond acceptors (Lipinski definition) is 3. The van der Waals surface area contributed by atoms with Crippen LogP contribution in [0.3, 0.4) is 0 Å². The van der Waals surface area contributed by atoms with E-state index in [4.69, 9.17) is 16.3 Å². The van der Waals surface area contributed by atoms with Gasteiger partial charge >= 0.3 is 5.97 Å². The molecule has 0 amide bonds. The van der Waals surface area contributed by atoms with Gasteiger partial charge in [-0.25, -0.2) is 4.79 Å². The molecular weight excluding hydrogens is 401 g/mol. The molecule has 1 aromatic carbocycles. The van der Waals surface area contributed by atoms with E-state index < -0.39 is 0 Å². The quantitative estimate of drug-likeness (QED) is 0.525. The van der Waals surface area contributed by atoms with Gasteiger partial charge in [-0.1, -0.05) is 11.6 Å². The van der Waals surface area contributed by atoms with Crippen molar-refractivity contribution in [2.75, 3.05) is 7.05 Å². The molecule has 21 heavy (non-hydrogen) atoms. The first-order valence-electron chi connectivity index (χ1n) is 6.95. The molecular formula is C16H21ClINO2. The number of rotatable bonds is 2. The summed E-state index contributed by atoms with van der Waals surface area (Å²) in [5.41, 5.74) is 0.239. The second kappa shape index (κ2) is 5.70. The molecule has 0 spiro atoms. The number of hydrogen-bond donors (Lipinski definition) is 0. The van der Waals surface area contributed by atoms with Gasteiger partial charge in [0.25, 0.3) is 0 Å². The van der Waals surface area contributed by atoms with E-state index in [1.54, 1.807) is 12.1 Å². The maximum atomic E-state index is 12.5. The van der Waals surface area contributed by atoms with E-state index in [0.29, 0.717) is 10.6 Å². The molecule has 1 saturated heterocycles. The van der Waals surface area contributed by atoms with Gasteiger partial charge in [-0.15, -0.1) is 0 Å². The van der Waals surface area contributed by atoms with Crippen molar-refractivity contribution in [1.82, 2.24) is 4.90 Å². The minimum absolute atomic E-state index is 0.00333. The summed E-state index contributed by atoms with van der Waals surface area (Å²) in [6.07, 6.45) is 0.656. The summed E-state index contributed by atoms with van der Waals surface area (Å²) in [7, 11) is 2.08. The van der Waals surface area contributed by atoms with E-state index in [9.17, 15) is 4.79 Å². The van der Waals surface area contributed by atoms with E-state index in [1.807, 2.05) is 6.07 Å². The second-order valence-corrected chi connectivity index (χ2v) is 8.40. The Labute approximate surface area is 145 Å². The minimum Gasteiger partial charge on any atom is -0.457 e. The highest BCUT2D eigenvalue weighted by Crippen LogP contribution is 2.41. The van der Waals surface area contributed by atoms with Crippen molar-refractivity contribution in [3.8, 4) is 0 Å². The van der Waals surface area contributed by atoms with Gasteiger partial charge in [0.05, 0.1) is 16.1 Å². The number of esters is 1. The van der Waals surface area contributed by atoms with Crippen LogP contribution in [-0.4, -0.2) is 35.1 Å². The van der Waals surface area contributed by atoms with Crippen molar-refractivity contribution in [2.45, 2.75) is 51.3 Å². The van der Waals surface area contributed by atoms with Crippen molar-refractivity contribution in [1.29, 1.82) is 0 Å². The molecule has 0 aliphatic carbocycles. The zero-order chi connectivity index (χ0) is 16.0. The van der Waals surface area contributed by atoms with Gasteiger partial charge in [-0.05, 0) is 75.5 Å². The minimum atomic E-state index is -0.345. The Morgan fingerprint density at radius 1 is 1.38 bits per heavy atom. The van der Waals surface area contributed by atoms with Gasteiger partial charge in [0.2, 0.25) is 0 Å². The van der Waals surface area contributed by atoms with Crippen molar-refractivity contribution in [3.05, 3.63) is 32.4 Å². The highest BCUT2D eigenvalue weighted by Gasteiger charge is 2.51. The average molecular weight is 422 g/mol. The summed E-state index contributed by atoms with van der Waals surface area (Å²) in [4.78, 5) is 14.7. The molecule has 1 heterocycles. The van der Waals surface area contributed by atoms with Gasteiger partial charge in [0, 0.05) is 15.5 Å². The second-order valence-electron chi connectivity index (χ2n) is 6.75. The Morgan fingerprint density at radius 2 is 2.00 bits per heavy atom. The number of halogens is 2. The van der Waals surface area contributed by atoms with Crippen LogP contribution in [0, 0.1) is 3.57 Å². The van der Waals surface area contributed by atoms with Gasteiger partial charge in [-0.2, -0.15) is 0 Å². The monoisotopic (exact) mass is 421 g/mol. The summed E-state index contributed by atoms with van der Waals surface area (Å²) in [6.45, 7) is 8.55. The molecule has 0 N–H and O–H groups in total. The number of carbonyl (C=O) groups is 1. The van der Waals surface area contributed by atoms with E-state index in [-0.39, 0.29) is 23.2 Å². The summed E-state index contributed by atoms with van der Waals surface area (Å²) in [5.74, 6) is -0.345. The van der Waals surface area contributed by atoms with Crippen LogP contribution < -0.4 is 0 Å². The third-order valence-corrected chi connectivity index (χ3v) is 5.64. The molecule has 0 saturated carbocycles. The Hall–Kier alpha value is -0.330. The summed E-state index contributed by atoms with van der Waals surface area (Å²) in [6, 6.07) is 5.37. The third kappa shape index (κ3) is 3.22. The molecule has 1 aliphatic heterocycles. The molecule has 0 aromatic heterocycles. The van der Waals surface area contributed by atoms with Crippen LogP contribution in [0.4, 0.5) is 0 Å². The first-order chi connectivity index (χ1) is 9.55. The van der Waals surface area contributed by atoms with Crippen LogP contribution in [-0.2, 0) is 4.74 Å². The van der Waals surface area contributed by atoms with Crippen LogP contribution in [0.25, 0.3) is 0 Å². The lowest BCUT2D eigenvalue weighted by Crippen LogP contribution is -2.48. The Balaban J connectivity index is 2.22. The summed E-state index contributed by atoms with van der Waals surface area (Å²) >= 11 is 8.28. The molecule has 1 aliphatic rings. The predicted molar refractivity (Wildman–Crippen MR) is 93.9 cm³/mol. The molecule has 116 valence electrons. The van der Waals surface area contributed by atoms with E-state index >= 15 is 0 Å². The lowest BCUT2D eigenvalue weighted by atomic mass is 9.97. The van der Waals surface area contributed by atoms with Crippen molar-refractivity contribution in [3.63, 3.8) is 0 Å². The zero-order valence-electron chi connectivity index (χ0n) is 13.0. The molecule has 1 unspecified atom stereocenters. The number of ether oxygens (including phenoxy) is 1. The van der Waals surface area contributed by atoms with Crippen molar-refractivity contribution in [2.24, 2.45) is 0 Å². The number of likely N-dealkylation sites (tertiary alicyclic amines) is 1. The number of benzene rings is 1. The van der Waals surface area contributed by atoms with Crippen LogP contribution >= 0.6 is 34.2 Å². The molecule has 3 nitrogen and oxygen atoms in total. The van der Waals surface area contributed by atoms with E-state index in [1.165, 1.54) is 0 Å². The summed E-state index contributed by atoms with van der Waals surface area (Å²) in [5, 5.41) is 0.434. The average Bonchev–Trinajstić information content (AvgIpc) is 2.53. The molecule has 0 radical (unpaired) electrons. The Morgan fingerprint density at radius 3 is 2.52 bits per heavy atom. The fourth-order valence-electron chi connectivity index (χ4n) is 2.87. The van der Waals surface area contributed by atoms with Crippen LogP contribution in [0.1, 0.15) is 44.5 Å². The normalized spacial score (nSPS) is 24.0. The Kier molecular flexibility index (Phi) is 4.63. The largest absolute Gasteiger partial charge is 0.457 e. The highest BCUT2D eigenvalue weighted by atomic mass is 127. The fourth-order valence-corrected chi connectivity index (χ4v) is 3.55. The van der Waals surface area contributed by atoms with Gasteiger partial charge < -0.3 is 4.74 Å². The van der Waals surface area contributed by atoms with Crippen LogP contribution in [0.15, 0.2) is 18.2 Å². The lowest BCUT2D eigenvalue weighted by Gasteiger charge is -2.37. The van der Waals surface area contributed by atoms with Gasteiger partial charge in [0.15, 0.2) is 0 Å². The molecule has 1 aromatic rings. The number of nitrogens with zero attached hydrogens (tertiary/aromatic N) is 1. The first kappa shape index (κ1) is 17.0. The topological polar surface area (TPSA) is 29.5 Å². The predicted octanol–water partition coefficient (Wildman–Crippen LogP) is 4.36. The lowest BCUT2D eigenvalue weighted by molar-refractivity contribution is 0.00158. The van der Waals surface area contributed by atoms with Gasteiger partial charge in [-0.3, -0.25) is 4.90 Å². The standard InChI is InChI=1S/C16H21ClINO2/c1-15(2)9-13(16(3,4)19(15)5)21-14(20)11-8-10(18)6-7-12(11)17/h6-8,13H,9H2,1-5H3. The number of carbonyl (C=O) groups excluding carboxylic acids is 1. The SMILES string of the molecule is CN1C(C)(C)CC(OC(=O)c2cc(I)ccc2Cl)C1(C)C. The van der Waals surface area contributed by atoms with Crippen LogP contribution in [0.2, 0.25) is 5.02 Å². The van der Waals surface area contributed by atoms with Crippen molar-refractivity contribution < 1.29 is 9.53 Å². The van der Waals surface area contributed by atoms with Gasteiger partial charge in [0.1, 0.15) is 6.10 Å². The highest BCUT2D eigenvalue weighted by molar-refractivity contribution is 14.1. The molecule has 0 bridgehead atoms. The smallest absolute Gasteiger partial charge is 0.340 e. The fraction of sp³-hybridized carbons (Fsp3) is 0.562. The zero-order valence-corrected chi connectivity index (χ0v) is 15.9. The molecule has 2 rings (SSSR count). The van der Waals surface area contributed by atoms with E-state index in [0.717, 1.165) is 9.99 Å². The molecule has 1 atom stereocenters. The number of likely N-dealkylation sites (N-methyl/N-ethyl adjacent to an activating group) is 1. The Bertz CT molecular complexity index is 571. The van der Waals surface area contributed by atoms with Crippen LogP contribution in [0.5, 0.6) is 0 Å². The molecule has 5 heteroatoms. The maximum Gasteiger partial charge on any atom is 0.340 e. The maximum absolute atomic E-state index is 12.5. The molecule has 1 fully saturated rings. The summed E-state index contributed by atoms with van der Waals surface area (Å²) < 4.78 is 6.75. The van der Waals surface area contributed by atoms with E-state index in [2.05, 4.69) is 62.2 Å². The third-order valence-electron chi connectivity index (χ3n) is 4.64. The van der Waals surface area contributed by atoms with Crippen molar-refractivity contribution >= 4 is 40.2 Å². The first-order valence-corrected chi connectivity index (χ1v) is 8.41.